The third-order valence-electron chi connectivity index (χ3n) is 7.30. The van der Waals surface area contributed by atoms with E-state index in [4.69, 9.17) is 4.74 Å². The molecule has 2 aliphatic rings. The van der Waals surface area contributed by atoms with Crippen molar-refractivity contribution in [1.29, 1.82) is 0 Å². The number of nitrogens with zero attached hydrogens (tertiary/aromatic N) is 1. The van der Waals surface area contributed by atoms with Crippen molar-refractivity contribution in [3.63, 3.8) is 0 Å². The zero-order valence-electron chi connectivity index (χ0n) is 22.6. The number of halogens is 3. The first kappa shape index (κ1) is 30.9. The molecule has 4 rings (SSSR count). The zero-order chi connectivity index (χ0) is 29.1. The molecule has 0 radical (unpaired) electrons. The zero-order valence-corrected chi connectivity index (χ0v) is 24.3. The first-order valence-corrected chi connectivity index (χ1v) is 15.8. The lowest BCUT2D eigenvalue weighted by Gasteiger charge is -2.24. The predicted octanol–water partition coefficient (Wildman–Crippen LogP) is 4.91. The number of rotatable bonds is 9. The summed E-state index contributed by atoms with van der Waals surface area (Å²) < 4.78 is 76.1. The molecule has 8 nitrogen and oxygen atoms in total. The van der Waals surface area contributed by atoms with Gasteiger partial charge in [-0.3, -0.25) is 4.79 Å². The third-order valence-corrected chi connectivity index (χ3v) is 10.2. The molecule has 13 heteroatoms. The van der Waals surface area contributed by atoms with Gasteiger partial charge in [-0.2, -0.15) is 13.2 Å². The van der Waals surface area contributed by atoms with Crippen LogP contribution in [0.25, 0.3) is 10.4 Å². The molecule has 0 spiro atoms. The summed E-state index contributed by atoms with van der Waals surface area (Å²) in [5, 5.41) is 12.6. The number of alkyl halides is 3. The van der Waals surface area contributed by atoms with Gasteiger partial charge in [-0.15, -0.1) is 11.3 Å². The minimum Gasteiger partial charge on any atom is -0.394 e. The maximum Gasteiger partial charge on any atom is 0.417 e. The van der Waals surface area contributed by atoms with Crippen LogP contribution in [0.1, 0.15) is 79.9 Å². The highest BCUT2D eigenvalue weighted by atomic mass is 32.2. The van der Waals surface area contributed by atoms with E-state index in [1.807, 2.05) is 0 Å². The molecule has 0 atom stereocenters. The number of aliphatic hydroxyl groups excluding tert-OH is 1. The van der Waals surface area contributed by atoms with E-state index in [-0.39, 0.29) is 22.5 Å². The first-order valence-electron chi connectivity index (χ1n) is 13.5. The van der Waals surface area contributed by atoms with Crippen LogP contribution in [0.4, 0.5) is 13.2 Å². The van der Waals surface area contributed by atoms with Gasteiger partial charge in [-0.05, 0) is 56.7 Å². The van der Waals surface area contributed by atoms with E-state index in [0.29, 0.717) is 49.0 Å². The van der Waals surface area contributed by atoms with Crippen LogP contribution in [-0.4, -0.2) is 55.8 Å². The molecule has 1 aliphatic heterocycles. The van der Waals surface area contributed by atoms with Gasteiger partial charge in [0.2, 0.25) is 10.0 Å². The number of carbonyl (C=O) groups excluding carboxylic acids is 1. The fourth-order valence-corrected chi connectivity index (χ4v) is 7.75. The molecule has 2 fully saturated rings. The Kier molecular flexibility index (Phi) is 9.60. The number of aromatic nitrogens is 1. The Labute approximate surface area is 236 Å². The quantitative estimate of drug-likeness (QED) is 0.375. The van der Waals surface area contributed by atoms with Crippen molar-refractivity contribution in [2.24, 2.45) is 5.92 Å². The Morgan fingerprint density at radius 3 is 2.42 bits per heavy atom. The van der Waals surface area contributed by atoms with Crippen molar-refractivity contribution in [3.8, 4) is 10.4 Å². The number of sulfonamides is 1. The summed E-state index contributed by atoms with van der Waals surface area (Å²) in [6.45, 7) is 3.22. The highest BCUT2D eigenvalue weighted by Crippen LogP contribution is 2.40. The van der Waals surface area contributed by atoms with Gasteiger partial charge in [0, 0.05) is 19.3 Å². The summed E-state index contributed by atoms with van der Waals surface area (Å²) in [5.41, 5.74) is -1.98. The standard InChI is InChI=1S/C27H36F3N3O5S2/c1-26(2,16-34)33-40(36,37)22-9-8-18(15-20(22)27(28,29)30)23-21(14-17-6-4-3-5-7-17)32-25(39-23)24(35)31-19-10-12-38-13-11-19/h8-9,15,17,19,33-34H,3-7,10-14,16H2,1-2H3,(H,31,35). The van der Waals surface area contributed by atoms with Gasteiger partial charge in [0.25, 0.3) is 5.91 Å². The van der Waals surface area contributed by atoms with Gasteiger partial charge in [0.05, 0.1) is 33.2 Å². The maximum atomic E-state index is 14.2. The molecule has 1 saturated carbocycles. The molecule has 2 heterocycles. The van der Waals surface area contributed by atoms with Crippen molar-refractivity contribution < 1.29 is 36.2 Å². The summed E-state index contributed by atoms with van der Waals surface area (Å²) in [6.07, 6.45) is 2.16. The SMILES string of the molecule is CC(C)(CO)NS(=O)(=O)c1ccc(-c2sc(C(=O)NC3CCOCC3)nc2CC2CCCCC2)cc1C(F)(F)F. The maximum absolute atomic E-state index is 14.2. The average Bonchev–Trinajstić information content (AvgIpc) is 3.32. The Bertz CT molecular complexity index is 1300. The number of amides is 1. The van der Waals surface area contributed by atoms with E-state index in [9.17, 15) is 31.5 Å². The molecular weight excluding hydrogens is 567 g/mol. The van der Waals surface area contributed by atoms with Crippen molar-refractivity contribution in [3.05, 3.63) is 34.5 Å². The lowest BCUT2D eigenvalue weighted by atomic mass is 9.85. The van der Waals surface area contributed by atoms with Crippen LogP contribution in [-0.2, 0) is 27.4 Å². The number of thiazole rings is 1. The second-order valence-electron chi connectivity index (χ2n) is 11.2. The number of hydrogen-bond donors (Lipinski definition) is 3. The summed E-state index contributed by atoms with van der Waals surface area (Å²) in [6, 6.07) is 3.01. The van der Waals surface area contributed by atoms with E-state index < -0.39 is 38.8 Å². The van der Waals surface area contributed by atoms with Crippen LogP contribution >= 0.6 is 11.3 Å². The van der Waals surface area contributed by atoms with Crippen LogP contribution in [0.5, 0.6) is 0 Å². The lowest BCUT2D eigenvalue weighted by Crippen LogP contribution is -2.46. The van der Waals surface area contributed by atoms with Crippen LogP contribution in [0.3, 0.4) is 0 Å². The van der Waals surface area contributed by atoms with E-state index in [0.717, 1.165) is 55.6 Å². The molecular formula is C27H36F3N3O5S2. The molecule has 2 aromatic rings. The van der Waals surface area contributed by atoms with E-state index in [2.05, 4.69) is 15.0 Å². The number of aliphatic hydroxyl groups is 1. The van der Waals surface area contributed by atoms with E-state index >= 15 is 0 Å². The molecule has 1 aliphatic carbocycles. The Morgan fingerprint density at radius 2 is 1.80 bits per heavy atom. The fourth-order valence-electron chi connectivity index (χ4n) is 5.14. The van der Waals surface area contributed by atoms with E-state index in [1.54, 1.807) is 0 Å². The molecule has 1 saturated heterocycles. The molecule has 0 unspecified atom stereocenters. The minimum absolute atomic E-state index is 0.0626. The monoisotopic (exact) mass is 603 g/mol. The fraction of sp³-hybridized carbons (Fsp3) is 0.630. The van der Waals surface area contributed by atoms with Gasteiger partial charge < -0.3 is 15.2 Å². The van der Waals surface area contributed by atoms with Crippen molar-refractivity contribution in [1.82, 2.24) is 15.0 Å². The van der Waals surface area contributed by atoms with Crippen LogP contribution < -0.4 is 10.0 Å². The van der Waals surface area contributed by atoms with Gasteiger partial charge in [0.1, 0.15) is 0 Å². The summed E-state index contributed by atoms with van der Waals surface area (Å²) in [5.74, 6) is -0.0635. The van der Waals surface area contributed by atoms with Crippen molar-refractivity contribution >= 4 is 27.3 Å². The summed E-state index contributed by atoms with van der Waals surface area (Å²) >= 11 is 1.02. The van der Waals surface area contributed by atoms with Crippen molar-refractivity contribution in [2.45, 2.75) is 87.9 Å². The van der Waals surface area contributed by atoms with E-state index in [1.165, 1.54) is 19.9 Å². The summed E-state index contributed by atoms with van der Waals surface area (Å²) in [4.78, 5) is 17.2. The number of nitrogens with one attached hydrogen (secondary N) is 2. The second-order valence-corrected chi connectivity index (χ2v) is 13.9. The number of hydrogen-bond acceptors (Lipinski definition) is 7. The molecule has 222 valence electrons. The Balaban J connectivity index is 1.73. The minimum atomic E-state index is -4.97. The number of benzene rings is 1. The first-order chi connectivity index (χ1) is 18.8. The largest absolute Gasteiger partial charge is 0.417 e. The molecule has 1 amide bonds. The van der Waals surface area contributed by atoms with Gasteiger partial charge >= 0.3 is 6.18 Å². The topological polar surface area (TPSA) is 118 Å². The summed E-state index contributed by atoms with van der Waals surface area (Å²) in [7, 11) is -4.62. The Morgan fingerprint density at radius 1 is 1.12 bits per heavy atom. The lowest BCUT2D eigenvalue weighted by molar-refractivity contribution is -0.139. The number of ether oxygens (including phenoxy) is 1. The van der Waals surface area contributed by atoms with Gasteiger partial charge in [0.15, 0.2) is 5.01 Å². The normalized spacial score (nSPS) is 18.1. The predicted molar refractivity (Wildman–Crippen MR) is 146 cm³/mol. The van der Waals surface area contributed by atoms with Crippen LogP contribution in [0.15, 0.2) is 23.1 Å². The molecule has 1 aromatic carbocycles. The molecule has 0 bridgehead atoms. The highest BCUT2D eigenvalue weighted by Gasteiger charge is 2.39. The Hall–Kier alpha value is -2.06. The van der Waals surface area contributed by atoms with Gasteiger partial charge in [-0.25, -0.2) is 18.1 Å². The molecule has 3 N–H and O–H groups in total. The second kappa shape index (κ2) is 12.4. The number of carbonyl (C=O) groups is 1. The third kappa shape index (κ3) is 7.61. The highest BCUT2D eigenvalue weighted by molar-refractivity contribution is 7.89. The van der Waals surface area contributed by atoms with Crippen LogP contribution in [0, 0.1) is 5.92 Å². The smallest absolute Gasteiger partial charge is 0.394 e. The van der Waals surface area contributed by atoms with Crippen molar-refractivity contribution in [2.75, 3.05) is 19.8 Å². The average molecular weight is 604 g/mol. The van der Waals surface area contributed by atoms with Gasteiger partial charge in [-0.1, -0.05) is 38.2 Å². The molecule has 1 aromatic heterocycles. The van der Waals surface area contributed by atoms with Crippen LogP contribution in [0.2, 0.25) is 0 Å². The molecule has 40 heavy (non-hydrogen) atoms.